The highest BCUT2D eigenvalue weighted by Crippen LogP contribution is 2.20. The summed E-state index contributed by atoms with van der Waals surface area (Å²) in [6.07, 6.45) is 0. The van der Waals surface area contributed by atoms with Crippen LogP contribution in [0.2, 0.25) is 0 Å². The minimum Gasteiger partial charge on any atom is -0.466 e. The van der Waals surface area contributed by atoms with E-state index in [1.54, 1.807) is 6.92 Å². The summed E-state index contributed by atoms with van der Waals surface area (Å²) in [4.78, 5) is 12.5. The van der Waals surface area contributed by atoms with Crippen molar-refractivity contribution >= 4 is 23.1 Å². The van der Waals surface area contributed by atoms with E-state index < -0.39 is 0 Å². The van der Waals surface area contributed by atoms with E-state index in [1.165, 1.54) is 0 Å². The monoisotopic (exact) mass is 268 g/mol. The Morgan fingerprint density at radius 3 is 2.17 bits per heavy atom. The van der Waals surface area contributed by atoms with Crippen LogP contribution in [0.1, 0.15) is 41.3 Å². The van der Waals surface area contributed by atoms with Crippen molar-refractivity contribution in [3.8, 4) is 0 Å². The van der Waals surface area contributed by atoms with Gasteiger partial charge in [0.15, 0.2) is 0 Å². The van der Waals surface area contributed by atoms with E-state index in [4.69, 9.17) is 22.4 Å². The Morgan fingerprint density at radius 2 is 1.83 bits per heavy atom. The summed E-state index contributed by atoms with van der Waals surface area (Å²) in [5, 5.41) is 2.86. The van der Waals surface area contributed by atoms with Gasteiger partial charge in [-0.05, 0) is 26.7 Å². The molecule has 5 heteroatoms. The number of nitrogens with one attached hydrogen (secondary N) is 1. The predicted molar refractivity (Wildman–Crippen MR) is 75.8 cm³/mol. The van der Waals surface area contributed by atoms with Gasteiger partial charge in [0.05, 0.1) is 16.6 Å². The van der Waals surface area contributed by atoms with Gasteiger partial charge in [0.25, 0.3) is 5.91 Å². The van der Waals surface area contributed by atoms with Gasteiger partial charge in [-0.3, -0.25) is 4.79 Å². The Bertz CT molecular complexity index is 478. The highest BCUT2D eigenvalue weighted by Gasteiger charge is 2.24. The Labute approximate surface area is 113 Å². The molecule has 0 bridgehead atoms. The Morgan fingerprint density at radius 1 is 1.28 bits per heavy atom. The molecule has 0 saturated carbocycles. The molecule has 0 radical (unpaired) electrons. The SMILES string of the molecule is Cc1oc(C)c(C(=O)NC(C(N)=S)C(C)C)c1C. The molecule has 0 aliphatic heterocycles. The van der Waals surface area contributed by atoms with Crippen molar-refractivity contribution in [2.75, 3.05) is 0 Å². The second kappa shape index (κ2) is 5.52. The van der Waals surface area contributed by atoms with Crippen LogP contribution in [0.25, 0.3) is 0 Å². The maximum Gasteiger partial charge on any atom is 0.255 e. The fourth-order valence-corrected chi connectivity index (χ4v) is 2.24. The topological polar surface area (TPSA) is 68.3 Å². The van der Waals surface area contributed by atoms with Crippen molar-refractivity contribution in [1.29, 1.82) is 0 Å². The number of aryl methyl sites for hydroxylation is 2. The normalized spacial score (nSPS) is 12.6. The third-order valence-corrected chi connectivity index (χ3v) is 3.30. The number of hydrogen-bond acceptors (Lipinski definition) is 3. The second-order valence-electron chi connectivity index (χ2n) is 4.81. The van der Waals surface area contributed by atoms with E-state index >= 15 is 0 Å². The number of nitrogens with two attached hydrogens (primary N) is 1. The lowest BCUT2D eigenvalue weighted by atomic mass is 10.0. The number of carbonyl (C=O) groups excluding carboxylic acids is 1. The predicted octanol–water partition coefficient (Wildman–Crippen LogP) is 2.25. The molecular weight excluding hydrogens is 248 g/mol. The molecule has 1 aromatic heterocycles. The second-order valence-corrected chi connectivity index (χ2v) is 5.28. The first kappa shape index (κ1) is 14.7. The number of hydrogen-bond donors (Lipinski definition) is 2. The summed E-state index contributed by atoms with van der Waals surface area (Å²) in [6.45, 7) is 9.41. The Hall–Kier alpha value is -1.36. The Balaban J connectivity index is 2.98. The number of rotatable bonds is 4. The van der Waals surface area contributed by atoms with E-state index in [-0.39, 0.29) is 17.9 Å². The molecular formula is C13H20N2O2S. The zero-order valence-electron chi connectivity index (χ0n) is 11.5. The van der Waals surface area contributed by atoms with Crippen LogP contribution in [0.5, 0.6) is 0 Å². The molecule has 1 rings (SSSR count). The van der Waals surface area contributed by atoms with Crippen LogP contribution in [-0.2, 0) is 0 Å². The van der Waals surface area contributed by atoms with E-state index in [2.05, 4.69) is 5.32 Å². The molecule has 1 amide bonds. The molecule has 0 aromatic carbocycles. The van der Waals surface area contributed by atoms with Crippen molar-refractivity contribution in [1.82, 2.24) is 5.32 Å². The quantitative estimate of drug-likeness (QED) is 0.822. The van der Waals surface area contributed by atoms with Crippen molar-refractivity contribution in [3.05, 3.63) is 22.6 Å². The molecule has 1 atom stereocenters. The van der Waals surface area contributed by atoms with Crippen molar-refractivity contribution in [2.24, 2.45) is 11.7 Å². The van der Waals surface area contributed by atoms with Gasteiger partial charge < -0.3 is 15.5 Å². The van der Waals surface area contributed by atoms with Gasteiger partial charge >= 0.3 is 0 Å². The summed E-state index contributed by atoms with van der Waals surface area (Å²) in [5.41, 5.74) is 7.07. The van der Waals surface area contributed by atoms with Crippen LogP contribution in [0, 0.1) is 26.7 Å². The van der Waals surface area contributed by atoms with Gasteiger partial charge in [-0.15, -0.1) is 0 Å². The summed E-state index contributed by atoms with van der Waals surface area (Å²) >= 11 is 4.97. The molecule has 0 fully saturated rings. The third kappa shape index (κ3) is 2.90. The number of thiocarbonyl (C=S) groups is 1. The smallest absolute Gasteiger partial charge is 0.255 e. The minimum absolute atomic E-state index is 0.153. The number of amides is 1. The lowest BCUT2D eigenvalue weighted by Crippen LogP contribution is -2.47. The van der Waals surface area contributed by atoms with Gasteiger partial charge in [0.2, 0.25) is 0 Å². The van der Waals surface area contributed by atoms with Gasteiger partial charge in [-0.25, -0.2) is 0 Å². The zero-order valence-corrected chi connectivity index (χ0v) is 12.3. The molecule has 4 nitrogen and oxygen atoms in total. The summed E-state index contributed by atoms with van der Waals surface area (Å²) in [6, 6.07) is -0.304. The largest absolute Gasteiger partial charge is 0.466 e. The molecule has 1 unspecified atom stereocenters. The zero-order chi connectivity index (χ0) is 14.0. The molecule has 0 saturated heterocycles. The highest BCUT2D eigenvalue weighted by atomic mass is 32.1. The van der Waals surface area contributed by atoms with Gasteiger partial charge in [0, 0.05) is 5.56 Å². The first-order valence-electron chi connectivity index (χ1n) is 5.92. The number of carbonyl (C=O) groups is 1. The molecule has 3 N–H and O–H groups in total. The first-order chi connectivity index (χ1) is 8.25. The van der Waals surface area contributed by atoms with Crippen molar-refractivity contribution in [2.45, 2.75) is 40.7 Å². The lowest BCUT2D eigenvalue weighted by Gasteiger charge is -2.21. The van der Waals surface area contributed by atoms with Crippen LogP contribution in [0.15, 0.2) is 4.42 Å². The summed E-state index contributed by atoms with van der Waals surface area (Å²) in [5.74, 6) is 1.34. The Kier molecular flexibility index (Phi) is 4.51. The van der Waals surface area contributed by atoms with Gasteiger partial charge in [-0.1, -0.05) is 26.1 Å². The molecule has 18 heavy (non-hydrogen) atoms. The molecule has 0 spiro atoms. The van der Waals surface area contributed by atoms with Crippen molar-refractivity contribution in [3.63, 3.8) is 0 Å². The molecule has 0 aliphatic carbocycles. The average Bonchev–Trinajstić information content (AvgIpc) is 2.48. The maximum atomic E-state index is 12.2. The van der Waals surface area contributed by atoms with E-state index in [0.717, 1.165) is 11.3 Å². The van der Waals surface area contributed by atoms with Crippen LogP contribution >= 0.6 is 12.2 Å². The standard InChI is InChI=1S/C13H20N2O2S/c1-6(2)11(12(14)18)15-13(16)10-7(3)8(4)17-9(10)5/h6,11H,1-5H3,(H2,14,18)(H,15,16). The molecule has 100 valence electrons. The molecule has 0 aliphatic rings. The molecule has 1 heterocycles. The van der Waals surface area contributed by atoms with Crippen molar-refractivity contribution < 1.29 is 9.21 Å². The average molecular weight is 268 g/mol. The first-order valence-corrected chi connectivity index (χ1v) is 6.33. The molecule has 1 aromatic rings. The third-order valence-electron chi connectivity index (χ3n) is 3.05. The van der Waals surface area contributed by atoms with Crippen LogP contribution in [-0.4, -0.2) is 16.9 Å². The minimum atomic E-state index is -0.304. The van der Waals surface area contributed by atoms with E-state index in [1.807, 2.05) is 27.7 Å². The van der Waals surface area contributed by atoms with E-state index in [9.17, 15) is 4.79 Å². The van der Waals surface area contributed by atoms with E-state index in [0.29, 0.717) is 16.3 Å². The van der Waals surface area contributed by atoms with Crippen LogP contribution in [0.3, 0.4) is 0 Å². The van der Waals surface area contributed by atoms with Crippen LogP contribution in [0.4, 0.5) is 0 Å². The fraction of sp³-hybridized carbons (Fsp3) is 0.538. The summed E-state index contributed by atoms with van der Waals surface area (Å²) in [7, 11) is 0. The van der Waals surface area contributed by atoms with Gasteiger partial charge in [-0.2, -0.15) is 0 Å². The number of furan rings is 1. The lowest BCUT2D eigenvalue weighted by molar-refractivity contribution is 0.0938. The summed E-state index contributed by atoms with van der Waals surface area (Å²) < 4.78 is 5.44. The van der Waals surface area contributed by atoms with Gasteiger partial charge in [0.1, 0.15) is 11.5 Å². The fourth-order valence-electron chi connectivity index (χ4n) is 1.91. The van der Waals surface area contributed by atoms with Crippen LogP contribution < -0.4 is 11.1 Å². The maximum absolute atomic E-state index is 12.2. The highest BCUT2D eigenvalue weighted by molar-refractivity contribution is 7.80.